The van der Waals surface area contributed by atoms with E-state index in [9.17, 15) is 0 Å². The van der Waals surface area contributed by atoms with E-state index in [4.69, 9.17) is 4.74 Å². The summed E-state index contributed by atoms with van der Waals surface area (Å²) in [7, 11) is 2.28. The summed E-state index contributed by atoms with van der Waals surface area (Å²) < 4.78 is 5.42. The lowest BCUT2D eigenvalue weighted by Crippen LogP contribution is -2.48. The Balaban J connectivity index is 1.70. The lowest BCUT2D eigenvalue weighted by molar-refractivity contribution is 0.0534. The van der Waals surface area contributed by atoms with Crippen LogP contribution in [0, 0.1) is 11.8 Å². The summed E-state index contributed by atoms with van der Waals surface area (Å²) in [6, 6.07) is 0.702. The Bertz CT molecular complexity index is 216. The van der Waals surface area contributed by atoms with Gasteiger partial charge in [-0.1, -0.05) is 6.92 Å². The summed E-state index contributed by atoms with van der Waals surface area (Å²) in [6.45, 7) is 7.99. The highest BCUT2D eigenvalue weighted by Gasteiger charge is 2.23. The third kappa shape index (κ3) is 4.23. The largest absolute Gasteiger partial charge is 0.381 e. The van der Waals surface area contributed by atoms with Crippen LogP contribution in [0.15, 0.2) is 0 Å². The van der Waals surface area contributed by atoms with E-state index >= 15 is 0 Å². The molecule has 0 aliphatic carbocycles. The molecule has 0 bridgehead atoms. The molecule has 0 aromatic carbocycles. The Morgan fingerprint density at radius 3 is 2.65 bits per heavy atom. The van der Waals surface area contributed by atoms with Crippen molar-refractivity contribution in [2.24, 2.45) is 11.8 Å². The van der Waals surface area contributed by atoms with Crippen molar-refractivity contribution in [3.8, 4) is 0 Å². The molecule has 2 aliphatic heterocycles. The molecule has 1 N–H and O–H groups in total. The van der Waals surface area contributed by atoms with Crippen molar-refractivity contribution in [2.45, 2.75) is 38.6 Å². The molecule has 2 fully saturated rings. The Labute approximate surface area is 106 Å². The Morgan fingerprint density at radius 2 is 1.94 bits per heavy atom. The first-order valence-electron chi connectivity index (χ1n) is 7.25. The smallest absolute Gasteiger partial charge is 0.0469 e. The van der Waals surface area contributed by atoms with E-state index < -0.39 is 0 Å². The fraction of sp³-hybridized carbons (Fsp3) is 1.00. The SMILES string of the molecule is CC1CCCNC1CN(C)CC1CCOCC1. The average Bonchev–Trinajstić information content (AvgIpc) is 2.33. The van der Waals surface area contributed by atoms with Crippen LogP contribution in [-0.4, -0.2) is 50.8 Å². The van der Waals surface area contributed by atoms with Gasteiger partial charge in [-0.15, -0.1) is 0 Å². The van der Waals surface area contributed by atoms with E-state index in [0.29, 0.717) is 6.04 Å². The van der Waals surface area contributed by atoms with E-state index in [0.717, 1.165) is 25.0 Å². The molecule has 2 atom stereocenters. The van der Waals surface area contributed by atoms with Crippen LogP contribution in [0.4, 0.5) is 0 Å². The van der Waals surface area contributed by atoms with Gasteiger partial charge in [0.25, 0.3) is 0 Å². The summed E-state index contributed by atoms with van der Waals surface area (Å²) in [6.07, 6.45) is 5.24. The van der Waals surface area contributed by atoms with Crippen LogP contribution in [0.2, 0.25) is 0 Å². The van der Waals surface area contributed by atoms with Gasteiger partial charge in [0, 0.05) is 32.3 Å². The Hall–Kier alpha value is -0.120. The minimum Gasteiger partial charge on any atom is -0.381 e. The van der Waals surface area contributed by atoms with Crippen molar-refractivity contribution in [3.05, 3.63) is 0 Å². The zero-order chi connectivity index (χ0) is 12.1. The second kappa shape index (κ2) is 6.72. The molecule has 0 radical (unpaired) electrons. The lowest BCUT2D eigenvalue weighted by atomic mass is 9.92. The number of likely N-dealkylation sites (N-methyl/N-ethyl adjacent to an activating group) is 1. The molecule has 0 saturated carbocycles. The van der Waals surface area contributed by atoms with E-state index in [1.807, 2.05) is 0 Å². The molecule has 0 spiro atoms. The number of piperidine rings is 1. The van der Waals surface area contributed by atoms with Crippen LogP contribution in [0.1, 0.15) is 32.6 Å². The monoisotopic (exact) mass is 240 g/mol. The van der Waals surface area contributed by atoms with Crippen LogP contribution < -0.4 is 5.32 Å². The van der Waals surface area contributed by atoms with Gasteiger partial charge in [-0.3, -0.25) is 0 Å². The summed E-state index contributed by atoms with van der Waals surface area (Å²) in [5, 5.41) is 3.67. The minimum absolute atomic E-state index is 0.702. The first-order valence-corrected chi connectivity index (χ1v) is 7.25. The van der Waals surface area contributed by atoms with Crippen LogP contribution >= 0.6 is 0 Å². The molecule has 0 aromatic heterocycles. The van der Waals surface area contributed by atoms with Gasteiger partial charge >= 0.3 is 0 Å². The molecule has 17 heavy (non-hydrogen) atoms. The maximum Gasteiger partial charge on any atom is 0.0469 e. The van der Waals surface area contributed by atoms with Crippen LogP contribution in [-0.2, 0) is 4.74 Å². The predicted molar refractivity (Wildman–Crippen MR) is 71.2 cm³/mol. The maximum absolute atomic E-state index is 5.42. The minimum atomic E-state index is 0.702. The molecular formula is C14H28N2O. The van der Waals surface area contributed by atoms with Gasteiger partial charge in [-0.2, -0.15) is 0 Å². The molecular weight excluding hydrogens is 212 g/mol. The topological polar surface area (TPSA) is 24.5 Å². The first kappa shape index (κ1) is 13.3. The molecule has 0 amide bonds. The van der Waals surface area contributed by atoms with Crippen molar-refractivity contribution < 1.29 is 4.74 Å². The van der Waals surface area contributed by atoms with E-state index in [1.165, 1.54) is 45.3 Å². The van der Waals surface area contributed by atoms with Crippen LogP contribution in [0.3, 0.4) is 0 Å². The maximum atomic E-state index is 5.42. The summed E-state index contributed by atoms with van der Waals surface area (Å²) in [4.78, 5) is 2.52. The normalized spacial score (nSPS) is 31.9. The molecule has 2 unspecified atom stereocenters. The first-order chi connectivity index (χ1) is 8.25. The molecule has 2 aliphatic rings. The van der Waals surface area contributed by atoms with Crippen molar-refractivity contribution in [2.75, 3.05) is 39.9 Å². The molecule has 0 aromatic rings. The number of ether oxygens (including phenoxy) is 1. The van der Waals surface area contributed by atoms with E-state index in [2.05, 4.69) is 24.2 Å². The second-order valence-electron chi connectivity index (χ2n) is 5.96. The molecule has 2 saturated heterocycles. The zero-order valence-corrected chi connectivity index (χ0v) is 11.5. The predicted octanol–water partition coefficient (Wildman–Crippen LogP) is 1.73. The number of hydrogen-bond donors (Lipinski definition) is 1. The molecule has 3 nitrogen and oxygen atoms in total. The van der Waals surface area contributed by atoms with Crippen molar-refractivity contribution in [1.29, 1.82) is 0 Å². The molecule has 100 valence electrons. The van der Waals surface area contributed by atoms with Gasteiger partial charge in [0.1, 0.15) is 0 Å². The van der Waals surface area contributed by atoms with Gasteiger partial charge in [-0.25, -0.2) is 0 Å². The average molecular weight is 240 g/mol. The van der Waals surface area contributed by atoms with Crippen molar-refractivity contribution >= 4 is 0 Å². The number of hydrogen-bond acceptors (Lipinski definition) is 3. The second-order valence-corrected chi connectivity index (χ2v) is 5.96. The summed E-state index contributed by atoms with van der Waals surface area (Å²) >= 11 is 0. The Morgan fingerprint density at radius 1 is 1.18 bits per heavy atom. The van der Waals surface area contributed by atoms with Crippen molar-refractivity contribution in [1.82, 2.24) is 10.2 Å². The van der Waals surface area contributed by atoms with Gasteiger partial charge in [0.15, 0.2) is 0 Å². The quantitative estimate of drug-likeness (QED) is 0.810. The van der Waals surface area contributed by atoms with E-state index in [-0.39, 0.29) is 0 Å². The third-order valence-corrected chi connectivity index (χ3v) is 4.35. The van der Waals surface area contributed by atoms with Gasteiger partial charge in [0.05, 0.1) is 0 Å². The standard InChI is InChI=1S/C14H28N2O/c1-12-4-3-7-15-14(12)11-16(2)10-13-5-8-17-9-6-13/h12-15H,3-11H2,1-2H3. The Kier molecular flexibility index (Phi) is 5.26. The van der Waals surface area contributed by atoms with Gasteiger partial charge in [0.2, 0.25) is 0 Å². The number of nitrogens with one attached hydrogen (secondary N) is 1. The van der Waals surface area contributed by atoms with Crippen LogP contribution in [0.25, 0.3) is 0 Å². The molecule has 2 heterocycles. The lowest BCUT2D eigenvalue weighted by Gasteiger charge is -2.35. The fourth-order valence-corrected chi connectivity index (χ4v) is 3.14. The third-order valence-electron chi connectivity index (χ3n) is 4.35. The highest BCUT2D eigenvalue weighted by atomic mass is 16.5. The van der Waals surface area contributed by atoms with Crippen molar-refractivity contribution in [3.63, 3.8) is 0 Å². The number of nitrogens with zero attached hydrogens (tertiary/aromatic N) is 1. The zero-order valence-electron chi connectivity index (χ0n) is 11.5. The molecule has 3 heteroatoms. The van der Waals surface area contributed by atoms with Crippen LogP contribution in [0.5, 0.6) is 0 Å². The van der Waals surface area contributed by atoms with E-state index in [1.54, 1.807) is 0 Å². The van der Waals surface area contributed by atoms with Gasteiger partial charge in [-0.05, 0) is 51.1 Å². The highest BCUT2D eigenvalue weighted by Crippen LogP contribution is 2.19. The highest BCUT2D eigenvalue weighted by molar-refractivity contribution is 4.81. The number of rotatable bonds is 4. The van der Waals surface area contributed by atoms with Gasteiger partial charge < -0.3 is 15.0 Å². The summed E-state index contributed by atoms with van der Waals surface area (Å²) in [5.74, 6) is 1.69. The fourth-order valence-electron chi connectivity index (χ4n) is 3.14. The summed E-state index contributed by atoms with van der Waals surface area (Å²) in [5.41, 5.74) is 0. The molecule has 2 rings (SSSR count).